The van der Waals surface area contributed by atoms with Gasteiger partial charge in [-0.1, -0.05) is 18.2 Å². The average molecular weight is 365 g/mol. The fourth-order valence-electron chi connectivity index (χ4n) is 3.40. The van der Waals surface area contributed by atoms with E-state index in [0.717, 1.165) is 43.2 Å². The molecule has 6 heteroatoms. The Morgan fingerprint density at radius 3 is 2.76 bits per heavy atom. The number of halogens is 2. The zero-order chi connectivity index (χ0) is 16.4. The number of nitrogens with one attached hydrogen (secondary N) is 1. The Bertz CT molecular complexity index is 728. The highest BCUT2D eigenvalue weighted by Gasteiger charge is 2.24. The van der Waals surface area contributed by atoms with Gasteiger partial charge in [-0.25, -0.2) is 4.39 Å². The molecular weight excluding hydrogens is 343 g/mol. The summed E-state index contributed by atoms with van der Waals surface area (Å²) < 4.78 is 24.9. The highest BCUT2D eigenvalue weighted by Crippen LogP contribution is 2.32. The van der Waals surface area contributed by atoms with Gasteiger partial charge in [-0.05, 0) is 35.4 Å². The van der Waals surface area contributed by atoms with Crippen molar-refractivity contribution in [1.82, 2.24) is 10.2 Å². The van der Waals surface area contributed by atoms with Gasteiger partial charge >= 0.3 is 0 Å². The lowest BCUT2D eigenvalue weighted by Gasteiger charge is -2.36. The zero-order valence-electron chi connectivity index (χ0n) is 13.9. The Labute approximate surface area is 153 Å². The van der Waals surface area contributed by atoms with Gasteiger partial charge in [-0.2, -0.15) is 0 Å². The second-order valence-corrected chi connectivity index (χ2v) is 6.22. The Morgan fingerprint density at radius 2 is 1.92 bits per heavy atom. The first-order chi connectivity index (χ1) is 11.8. The molecule has 2 aromatic rings. The molecular formula is C19H22ClFN2O2. The molecule has 2 heterocycles. The average Bonchev–Trinajstić information content (AvgIpc) is 2.62. The molecule has 4 rings (SSSR count). The molecule has 1 unspecified atom stereocenters. The Balaban J connectivity index is 0.00000182. The number of piperazine rings is 1. The molecule has 0 amide bonds. The van der Waals surface area contributed by atoms with E-state index >= 15 is 0 Å². The summed E-state index contributed by atoms with van der Waals surface area (Å²) in [7, 11) is 0. The molecule has 134 valence electrons. The lowest BCUT2D eigenvalue weighted by Crippen LogP contribution is -2.45. The third kappa shape index (κ3) is 4.06. The Kier molecular flexibility index (Phi) is 5.78. The van der Waals surface area contributed by atoms with Gasteiger partial charge in [0, 0.05) is 32.2 Å². The van der Waals surface area contributed by atoms with Crippen molar-refractivity contribution in [2.75, 3.05) is 32.8 Å². The summed E-state index contributed by atoms with van der Waals surface area (Å²) in [5.41, 5.74) is 2.20. The third-order valence-electron chi connectivity index (χ3n) is 4.58. The molecule has 0 spiro atoms. The molecule has 0 radical (unpaired) electrons. The molecule has 0 bridgehead atoms. The van der Waals surface area contributed by atoms with Crippen LogP contribution in [0.2, 0.25) is 0 Å². The van der Waals surface area contributed by atoms with E-state index in [2.05, 4.69) is 22.3 Å². The Morgan fingerprint density at radius 1 is 1.08 bits per heavy atom. The largest absolute Gasteiger partial charge is 0.486 e. The summed E-state index contributed by atoms with van der Waals surface area (Å²) >= 11 is 0. The number of fused-ring (bicyclic) bond motifs is 1. The second kappa shape index (κ2) is 8.04. The molecule has 25 heavy (non-hydrogen) atoms. The van der Waals surface area contributed by atoms with Crippen LogP contribution in [-0.4, -0.2) is 37.7 Å². The van der Waals surface area contributed by atoms with Gasteiger partial charge in [0.1, 0.15) is 19.0 Å². The van der Waals surface area contributed by atoms with E-state index in [-0.39, 0.29) is 24.3 Å². The number of ether oxygens (including phenoxy) is 2. The summed E-state index contributed by atoms with van der Waals surface area (Å²) in [5, 5.41) is 3.41. The first-order valence-electron chi connectivity index (χ1n) is 8.38. The lowest BCUT2D eigenvalue weighted by atomic mass is 10.0. The monoisotopic (exact) mass is 364 g/mol. The third-order valence-corrected chi connectivity index (χ3v) is 4.58. The summed E-state index contributed by atoms with van der Waals surface area (Å²) in [6.07, 6.45) is 0. The van der Waals surface area contributed by atoms with Crippen molar-refractivity contribution in [1.29, 1.82) is 0 Å². The van der Waals surface area contributed by atoms with E-state index in [0.29, 0.717) is 13.2 Å². The minimum atomic E-state index is -0.183. The predicted octanol–water partition coefficient (Wildman–Crippen LogP) is 3.17. The zero-order valence-corrected chi connectivity index (χ0v) is 14.7. The van der Waals surface area contributed by atoms with Gasteiger partial charge in [0.05, 0.1) is 0 Å². The summed E-state index contributed by atoms with van der Waals surface area (Å²) in [5.74, 6) is 1.44. The fourth-order valence-corrected chi connectivity index (χ4v) is 3.40. The fraction of sp³-hybridized carbons (Fsp3) is 0.368. The van der Waals surface area contributed by atoms with Crippen molar-refractivity contribution in [3.63, 3.8) is 0 Å². The smallest absolute Gasteiger partial charge is 0.161 e. The van der Waals surface area contributed by atoms with Gasteiger partial charge in [-0.15, -0.1) is 12.4 Å². The van der Waals surface area contributed by atoms with Crippen molar-refractivity contribution >= 4 is 12.4 Å². The maximum Gasteiger partial charge on any atom is 0.161 e. The van der Waals surface area contributed by atoms with Crippen LogP contribution >= 0.6 is 12.4 Å². The van der Waals surface area contributed by atoms with E-state index < -0.39 is 0 Å². The van der Waals surface area contributed by atoms with Crippen LogP contribution in [0, 0.1) is 5.82 Å². The molecule has 1 saturated heterocycles. The molecule has 2 aliphatic rings. The van der Waals surface area contributed by atoms with Gasteiger partial charge in [0.15, 0.2) is 11.5 Å². The van der Waals surface area contributed by atoms with Crippen molar-refractivity contribution in [2.24, 2.45) is 0 Å². The molecule has 2 aromatic carbocycles. The van der Waals surface area contributed by atoms with Crippen LogP contribution in [0.3, 0.4) is 0 Å². The van der Waals surface area contributed by atoms with Crippen molar-refractivity contribution in [3.8, 4) is 11.5 Å². The van der Waals surface area contributed by atoms with Crippen LogP contribution in [0.5, 0.6) is 11.5 Å². The van der Waals surface area contributed by atoms with Gasteiger partial charge in [0.25, 0.3) is 0 Å². The quantitative estimate of drug-likeness (QED) is 0.907. The van der Waals surface area contributed by atoms with Gasteiger partial charge in [-0.3, -0.25) is 4.90 Å². The normalized spacial score (nSPS) is 20.0. The molecule has 0 saturated carbocycles. The van der Waals surface area contributed by atoms with E-state index in [9.17, 15) is 4.39 Å². The highest BCUT2D eigenvalue weighted by molar-refractivity contribution is 5.85. The molecule has 1 fully saturated rings. The van der Waals surface area contributed by atoms with Crippen LogP contribution in [0.4, 0.5) is 4.39 Å². The Hall–Kier alpha value is -1.82. The molecule has 2 aliphatic heterocycles. The van der Waals surface area contributed by atoms with Crippen molar-refractivity contribution in [2.45, 2.75) is 12.6 Å². The van der Waals surface area contributed by atoms with Crippen LogP contribution in [-0.2, 0) is 6.54 Å². The van der Waals surface area contributed by atoms with Crippen molar-refractivity contribution < 1.29 is 13.9 Å². The predicted molar refractivity (Wildman–Crippen MR) is 97.1 cm³/mol. The minimum absolute atomic E-state index is 0. The molecule has 0 aliphatic carbocycles. The van der Waals surface area contributed by atoms with Crippen LogP contribution in [0.15, 0.2) is 42.5 Å². The standard InChI is InChI=1S/C19H21FN2O2.ClH/c20-16-3-1-2-15(11-16)17-12-21-6-7-22(17)13-14-4-5-18-19(10-14)24-9-8-23-18;/h1-5,10-11,17,21H,6-9,12-13H2;1H. The van der Waals surface area contributed by atoms with E-state index in [1.807, 2.05) is 12.1 Å². The van der Waals surface area contributed by atoms with E-state index in [1.54, 1.807) is 12.1 Å². The SMILES string of the molecule is Cl.Fc1cccc(C2CNCCN2Cc2ccc3c(c2)OCCO3)c1. The molecule has 1 atom stereocenters. The van der Waals surface area contributed by atoms with Gasteiger partial charge < -0.3 is 14.8 Å². The summed E-state index contributed by atoms with van der Waals surface area (Å²) in [4.78, 5) is 2.39. The van der Waals surface area contributed by atoms with Crippen LogP contribution in [0.25, 0.3) is 0 Å². The number of hydrogen-bond acceptors (Lipinski definition) is 4. The molecule has 4 nitrogen and oxygen atoms in total. The first kappa shape index (κ1) is 18.0. The second-order valence-electron chi connectivity index (χ2n) is 6.22. The van der Waals surface area contributed by atoms with E-state index in [4.69, 9.17) is 9.47 Å². The maximum atomic E-state index is 13.6. The number of hydrogen-bond donors (Lipinski definition) is 1. The minimum Gasteiger partial charge on any atom is -0.486 e. The van der Waals surface area contributed by atoms with Crippen LogP contribution in [0.1, 0.15) is 17.2 Å². The topological polar surface area (TPSA) is 33.7 Å². The summed E-state index contributed by atoms with van der Waals surface area (Å²) in [6.45, 7) is 4.70. The van der Waals surface area contributed by atoms with E-state index in [1.165, 1.54) is 11.6 Å². The van der Waals surface area contributed by atoms with Crippen molar-refractivity contribution in [3.05, 3.63) is 59.4 Å². The lowest BCUT2D eigenvalue weighted by molar-refractivity contribution is 0.151. The number of nitrogens with zero attached hydrogens (tertiary/aromatic N) is 1. The molecule has 0 aromatic heterocycles. The first-order valence-corrected chi connectivity index (χ1v) is 8.38. The number of rotatable bonds is 3. The van der Waals surface area contributed by atoms with Gasteiger partial charge in [0.2, 0.25) is 0 Å². The molecule has 1 N–H and O–H groups in total. The van der Waals surface area contributed by atoms with Crippen LogP contribution < -0.4 is 14.8 Å². The maximum absolute atomic E-state index is 13.6. The number of benzene rings is 2. The highest BCUT2D eigenvalue weighted by atomic mass is 35.5. The summed E-state index contributed by atoms with van der Waals surface area (Å²) in [6, 6.07) is 13.2.